The van der Waals surface area contributed by atoms with Crippen LogP contribution in [0, 0.1) is 0 Å². The number of benzene rings is 1. The van der Waals surface area contributed by atoms with Crippen LogP contribution in [0.2, 0.25) is 0 Å². The molecule has 0 aliphatic heterocycles. The van der Waals surface area contributed by atoms with Crippen LogP contribution in [-0.4, -0.2) is 21.5 Å². The summed E-state index contributed by atoms with van der Waals surface area (Å²) in [6.45, 7) is 0.505. The molecule has 0 fully saturated rings. The van der Waals surface area contributed by atoms with Crippen LogP contribution in [0.4, 0.5) is 0 Å². The summed E-state index contributed by atoms with van der Waals surface area (Å²) >= 11 is -1.85. The van der Waals surface area contributed by atoms with Crippen molar-refractivity contribution in [3.63, 3.8) is 0 Å². The molecule has 0 aliphatic carbocycles. The molecule has 0 unspecified atom stereocenters. The van der Waals surface area contributed by atoms with Crippen molar-refractivity contribution in [2.75, 3.05) is 0 Å². The van der Waals surface area contributed by atoms with E-state index >= 15 is 0 Å². The van der Waals surface area contributed by atoms with E-state index in [1.165, 1.54) is 0 Å². The van der Waals surface area contributed by atoms with Gasteiger partial charge in [-0.2, -0.15) is 0 Å². The normalized spacial score (nSPS) is 9.20. The predicted octanol–water partition coefficient (Wildman–Crippen LogP) is 0.900. The van der Waals surface area contributed by atoms with Crippen LogP contribution in [0.1, 0.15) is 5.56 Å². The van der Waals surface area contributed by atoms with E-state index in [0.717, 1.165) is 5.56 Å². The fourth-order valence-corrected chi connectivity index (χ4v) is 1.45. The standard InChI is InChI=1S/C7H7O.O.Sn.H/c8-6-7-4-2-1-3-5-7;;;/h1-5H,6H2;;;/q-1;;+1;. The molecule has 0 aromatic heterocycles. The Morgan fingerprint density at radius 3 is 2.60 bits per heavy atom. The second-order valence-electron chi connectivity index (χ2n) is 1.89. The topological polar surface area (TPSA) is 26.3 Å². The van der Waals surface area contributed by atoms with Crippen LogP contribution in [0.3, 0.4) is 0 Å². The molecule has 0 aliphatic rings. The summed E-state index contributed by atoms with van der Waals surface area (Å²) in [5.74, 6) is 0. The zero-order valence-corrected chi connectivity index (χ0v) is 8.78. The van der Waals surface area contributed by atoms with E-state index in [4.69, 9.17) is 3.07 Å². The first-order valence-electron chi connectivity index (χ1n) is 3.02. The molecule has 1 rings (SSSR count). The maximum absolute atomic E-state index is 10.1. The molecule has 10 heavy (non-hydrogen) atoms. The zero-order chi connectivity index (χ0) is 7.23. The van der Waals surface area contributed by atoms with Gasteiger partial charge in [0.1, 0.15) is 0 Å². The van der Waals surface area contributed by atoms with Gasteiger partial charge in [-0.3, -0.25) is 0 Å². The quantitative estimate of drug-likeness (QED) is 0.737. The minimum absolute atomic E-state index is 0.505. The molecule has 0 amide bonds. The van der Waals surface area contributed by atoms with Gasteiger partial charge in [0.25, 0.3) is 0 Å². The van der Waals surface area contributed by atoms with Gasteiger partial charge >= 0.3 is 70.2 Å². The maximum atomic E-state index is 10.1. The molecule has 0 N–H and O–H groups in total. The summed E-state index contributed by atoms with van der Waals surface area (Å²) in [5.41, 5.74) is 1.09. The van der Waals surface area contributed by atoms with E-state index in [9.17, 15) is 3.08 Å². The predicted molar refractivity (Wildman–Crippen MR) is 39.1 cm³/mol. The first kappa shape index (κ1) is 7.88. The molecule has 0 heterocycles. The molecular formula is C7H8O2Sn. The van der Waals surface area contributed by atoms with Crippen LogP contribution < -0.4 is 0 Å². The third-order valence-electron chi connectivity index (χ3n) is 1.16. The van der Waals surface area contributed by atoms with Gasteiger partial charge in [-0.25, -0.2) is 0 Å². The van der Waals surface area contributed by atoms with Gasteiger partial charge in [0.05, 0.1) is 0 Å². The van der Waals surface area contributed by atoms with Gasteiger partial charge in [-0.05, 0) is 0 Å². The number of hydrogen-bond acceptors (Lipinski definition) is 2. The molecule has 0 saturated carbocycles. The minimum atomic E-state index is -1.85. The van der Waals surface area contributed by atoms with E-state index < -0.39 is 21.5 Å². The van der Waals surface area contributed by atoms with Gasteiger partial charge in [-0.1, -0.05) is 0 Å². The zero-order valence-electron chi connectivity index (χ0n) is 5.49. The summed E-state index contributed by atoms with van der Waals surface area (Å²) in [6, 6.07) is 9.74. The van der Waals surface area contributed by atoms with E-state index in [2.05, 4.69) is 0 Å². The van der Waals surface area contributed by atoms with Crippen molar-refractivity contribution in [2.45, 2.75) is 6.61 Å². The number of rotatable bonds is 3. The van der Waals surface area contributed by atoms with Crippen molar-refractivity contribution >= 4 is 21.5 Å². The van der Waals surface area contributed by atoms with Crippen molar-refractivity contribution in [3.05, 3.63) is 35.9 Å². The van der Waals surface area contributed by atoms with Crippen molar-refractivity contribution in [1.82, 2.24) is 0 Å². The van der Waals surface area contributed by atoms with Gasteiger partial charge < -0.3 is 0 Å². The molecule has 0 bridgehead atoms. The fourth-order valence-electron chi connectivity index (χ4n) is 0.704. The van der Waals surface area contributed by atoms with Crippen molar-refractivity contribution in [1.29, 1.82) is 0 Å². The van der Waals surface area contributed by atoms with Gasteiger partial charge in [0.15, 0.2) is 0 Å². The second-order valence-corrected chi connectivity index (χ2v) is 3.39. The van der Waals surface area contributed by atoms with Gasteiger partial charge in [-0.15, -0.1) is 0 Å². The van der Waals surface area contributed by atoms with E-state index in [0.29, 0.717) is 6.61 Å². The molecule has 1 aromatic carbocycles. The third kappa shape index (κ3) is 2.58. The van der Waals surface area contributed by atoms with Crippen LogP contribution in [-0.2, 0) is 12.8 Å². The molecular weight excluding hydrogens is 235 g/mol. The first-order chi connectivity index (χ1) is 4.93. The SMILES string of the molecule is [O]=[SnH][O]Cc1ccccc1. The van der Waals surface area contributed by atoms with Crippen LogP contribution in [0.25, 0.3) is 0 Å². The Morgan fingerprint density at radius 1 is 1.30 bits per heavy atom. The number of hydrogen-bond donors (Lipinski definition) is 0. The Labute approximate surface area is 70.4 Å². The molecule has 52 valence electrons. The van der Waals surface area contributed by atoms with Crippen molar-refractivity contribution in [2.24, 2.45) is 0 Å². The molecule has 3 heteroatoms. The average Bonchev–Trinajstić information content (AvgIpc) is 2.03. The Morgan fingerprint density at radius 2 is 2.00 bits per heavy atom. The Balaban J connectivity index is 2.50. The summed E-state index contributed by atoms with van der Waals surface area (Å²) in [5, 5.41) is 0. The Kier molecular flexibility index (Phi) is 3.60. The Hall–Kier alpha value is -0.221. The summed E-state index contributed by atoms with van der Waals surface area (Å²) in [6.07, 6.45) is 0. The first-order valence-corrected chi connectivity index (χ1v) is 5.72. The summed E-state index contributed by atoms with van der Waals surface area (Å²) < 4.78 is 14.9. The van der Waals surface area contributed by atoms with E-state index in [-0.39, 0.29) is 0 Å². The summed E-state index contributed by atoms with van der Waals surface area (Å²) in [7, 11) is 0. The van der Waals surface area contributed by atoms with Crippen LogP contribution >= 0.6 is 0 Å². The Bertz CT molecular complexity index is 198. The van der Waals surface area contributed by atoms with Crippen molar-refractivity contribution in [3.8, 4) is 0 Å². The molecule has 2 nitrogen and oxygen atoms in total. The van der Waals surface area contributed by atoms with E-state index in [1.807, 2.05) is 30.3 Å². The second kappa shape index (κ2) is 4.57. The van der Waals surface area contributed by atoms with Crippen molar-refractivity contribution < 1.29 is 6.15 Å². The fraction of sp³-hybridized carbons (Fsp3) is 0.143. The molecule has 1 aromatic rings. The summed E-state index contributed by atoms with van der Waals surface area (Å²) in [4.78, 5) is 0. The van der Waals surface area contributed by atoms with Crippen LogP contribution in [0.15, 0.2) is 30.3 Å². The molecule has 0 spiro atoms. The van der Waals surface area contributed by atoms with Gasteiger partial charge in [0.2, 0.25) is 0 Å². The monoisotopic (exact) mass is 244 g/mol. The third-order valence-corrected chi connectivity index (χ3v) is 2.02. The van der Waals surface area contributed by atoms with E-state index in [1.54, 1.807) is 0 Å². The van der Waals surface area contributed by atoms with Crippen LogP contribution in [0.5, 0.6) is 0 Å². The van der Waals surface area contributed by atoms with Gasteiger partial charge in [0, 0.05) is 0 Å². The molecule has 0 saturated heterocycles. The molecule has 0 radical (unpaired) electrons. The average molecular weight is 243 g/mol. The molecule has 0 atom stereocenters.